The van der Waals surface area contributed by atoms with Crippen LogP contribution in [0.1, 0.15) is 37.6 Å². The number of benzene rings is 1. The minimum Gasteiger partial charge on any atom is -0.492 e. The molecule has 140 valence electrons. The molecule has 3 N–H and O–H groups in total. The highest BCUT2D eigenvalue weighted by molar-refractivity contribution is 7.89. The lowest BCUT2D eigenvalue weighted by Crippen LogP contribution is -2.34. The van der Waals surface area contributed by atoms with Crippen LogP contribution in [0.4, 0.5) is 0 Å². The van der Waals surface area contributed by atoms with Gasteiger partial charge in [-0.05, 0) is 39.0 Å². The van der Waals surface area contributed by atoms with Gasteiger partial charge in [0.05, 0.1) is 6.61 Å². The van der Waals surface area contributed by atoms with Gasteiger partial charge < -0.3 is 15.4 Å². The fourth-order valence-electron chi connectivity index (χ4n) is 2.05. The third kappa shape index (κ3) is 6.35. The van der Waals surface area contributed by atoms with Crippen molar-refractivity contribution in [1.82, 2.24) is 15.4 Å². The Morgan fingerprint density at radius 3 is 2.48 bits per heavy atom. The van der Waals surface area contributed by atoms with Crippen molar-refractivity contribution in [3.05, 3.63) is 23.8 Å². The van der Waals surface area contributed by atoms with E-state index in [0.29, 0.717) is 0 Å². The molecule has 0 heterocycles. The third-order valence-electron chi connectivity index (χ3n) is 3.12. The molecule has 0 aliphatic carbocycles. The molecule has 0 saturated carbocycles. The van der Waals surface area contributed by atoms with Crippen LogP contribution in [0.5, 0.6) is 5.75 Å². The average Bonchev–Trinajstić information content (AvgIpc) is 2.53. The number of amides is 2. The van der Waals surface area contributed by atoms with Gasteiger partial charge in [-0.15, -0.1) is 0 Å². The van der Waals surface area contributed by atoms with Crippen LogP contribution in [0.2, 0.25) is 0 Å². The van der Waals surface area contributed by atoms with Crippen molar-refractivity contribution in [1.29, 1.82) is 0 Å². The molecule has 8 nitrogen and oxygen atoms in total. The quantitative estimate of drug-likeness (QED) is 0.589. The minimum absolute atomic E-state index is 0.0104. The van der Waals surface area contributed by atoms with E-state index in [1.165, 1.54) is 25.2 Å². The van der Waals surface area contributed by atoms with Gasteiger partial charge in [0, 0.05) is 31.6 Å². The van der Waals surface area contributed by atoms with Crippen LogP contribution in [0.15, 0.2) is 23.1 Å². The van der Waals surface area contributed by atoms with Crippen LogP contribution in [-0.4, -0.2) is 46.5 Å². The monoisotopic (exact) mass is 371 g/mol. The van der Waals surface area contributed by atoms with Gasteiger partial charge in [-0.25, -0.2) is 13.1 Å². The summed E-state index contributed by atoms with van der Waals surface area (Å²) in [6.45, 7) is 5.59. The van der Waals surface area contributed by atoms with Crippen molar-refractivity contribution in [2.75, 3.05) is 20.2 Å². The molecule has 0 aliphatic heterocycles. The summed E-state index contributed by atoms with van der Waals surface area (Å²) in [5.41, 5.74) is 0.198. The predicted octanol–water partition coefficient (Wildman–Crippen LogP) is 0.638. The average molecular weight is 371 g/mol. The molecule has 25 heavy (non-hydrogen) atoms. The van der Waals surface area contributed by atoms with E-state index < -0.39 is 15.9 Å². The molecule has 0 atom stereocenters. The molecule has 1 aromatic rings. The molecule has 0 fully saturated rings. The number of hydrogen-bond acceptors (Lipinski definition) is 5. The maximum Gasteiger partial charge on any atom is 0.251 e. The summed E-state index contributed by atoms with van der Waals surface area (Å²) in [5.74, 6) is -0.507. The maximum absolute atomic E-state index is 12.5. The molecule has 0 bridgehead atoms. The van der Waals surface area contributed by atoms with Crippen molar-refractivity contribution >= 4 is 21.8 Å². The Morgan fingerprint density at radius 2 is 1.92 bits per heavy atom. The van der Waals surface area contributed by atoms with Crippen molar-refractivity contribution < 1.29 is 22.7 Å². The van der Waals surface area contributed by atoms with E-state index in [9.17, 15) is 18.0 Å². The Balaban J connectivity index is 2.97. The molecular weight excluding hydrogens is 346 g/mol. The van der Waals surface area contributed by atoms with Gasteiger partial charge in [-0.1, -0.05) is 0 Å². The summed E-state index contributed by atoms with van der Waals surface area (Å²) in [6.07, 6.45) is 0.0104. The second kappa shape index (κ2) is 9.38. The summed E-state index contributed by atoms with van der Waals surface area (Å²) >= 11 is 0. The van der Waals surface area contributed by atoms with Gasteiger partial charge in [0.15, 0.2) is 0 Å². The minimum atomic E-state index is -3.94. The summed E-state index contributed by atoms with van der Waals surface area (Å²) < 4.78 is 32.8. The molecule has 2 amide bonds. The first kappa shape index (κ1) is 20.9. The number of carbonyl (C=O) groups excluding carboxylic acids is 2. The van der Waals surface area contributed by atoms with E-state index in [1.54, 1.807) is 6.92 Å². The zero-order valence-corrected chi connectivity index (χ0v) is 15.7. The van der Waals surface area contributed by atoms with E-state index in [0.717, 1.165) is 0 Å². The molecule has 0 saturated heterocycles. The first-order chi connectivity index (χ1) is 11.7. The fraction of sp³-hybridized carbons (Fsp3) is 0.500. The largest absolute Gasteiger partial charge is 0.492 e. The number of ether oxygens (including phenoxy) is 1. The molecule has 1 aromatic carbocycles. The molecule has 0 unspecified atom stereocenters. The highest BCUT2D eigenvalue weighted by atomic mass is 32.2. The molecule has 0 radical (unpaired) electrons. The first-order valence-electron chi connectivity index (χ1n) is 7.99. The van der Waals surface area contributed by atoms with Crippen LogP contribution in [0.25, 0.3) is 0 Å². The summed E-state index contributed by atoms with van der Waals surface area (Å²) in [5, 5.41) is 5.12. The number of nitrogens with one attached hydrogen (secondary N) is 3. The Hall–Kier alpha value is -2.13. The summed E-state index contributed by atoms with van der Waals surface area (Å²) in [7, 11) is -2.48. The van der Waals surface area contributed by atoms with Crippen LogP contribution < -0.4 is 20.1 Å². The second-order valence-corrected chi connectivity index (χ2v) is 7.28. The van der Waals surface area contributed by atoms with Gasteiger partial charge in [0.25, 0.3) is 5.91 Å². The van der Waals surface area contributed by atoms with Crippen molar-refractivity contribution in [2.45, 2.75) is 38.1 Å². The predicted molar refractivity (Wildman–Crippen MR) is 94.1 cm³/mol. The van der Waals surface area contributed by atoms with Gasteiger partial charge in [-0.2, -0.15) is 0 Å². The molecule has 0 aliphatic rings. The fourth-order valence-corrected chi connectivity index (χ4v) is 3.25. The van der Waals surface area contributed by atoms with E-state index in [-0.39, 0.29) is 47.7 Å². The van der Waals surface area contributed by atoms with E-state index >= 15 is 0 Å². The molecule has 0 spiro atoms. The second-order valence-electron chi connectivity index (χ2n) is 5.54. The van der Waals surface area contributed by atoms with Crippen LogP contribution in [0.3, 0.4) is 0 Å². The van der Waals surface area contributed by atoms with E-state index in [2.05, 4.69) is 15.4 Å². The third-order valence-corrected chi connectivity index (χ3v) is 4.60. The van der Waals surface area contributed by atoms with Crippen LogP contribution >= 0.6 is 0 Å². The normalized spacial score (nSPS) is 11.2. The number of hydrogen-bond donors (Lipinski definition) is 3. The molecular formula is C16H25N3O5S. The van der Waals surface area contributed by atoms with Gasteiger partial charge >= 0.3 is 0 Å². The highest BCUT2D eigenvalue weighted by Gasteiger charge is 2.22. The van der Waals surface area contributed by atoms with Crippen LogP contribution in [0, 0.1) is 0 Å². The topological polar surface area (TPSA) is 114 Å². The van der Waals surface area contributed by atoms with Gasteiger partial charge in [0.2, 0.25) is 15.9 Å². The van der Waals surface area contributed by atoms with Crippen molar-refractivity contribution in [3.63, 3.8) is 0 Å². The lowest BCUT2D eigenvalue weighted by Gasteiger charge is -2.13. The molecule has 9 heteroatoms. The SMILES string of the molecule is CCOc1ccc(C(=O)NC)cc1S(=O)(=O)NCCC(=O)NC(C)C. The van der Waals surface area contributed by atoms with E-state index in [1.807, 2.05) is 13.8 Å². The zero-order valence-electron chi connectivity index (χ0n) is 14.9. The number of rotatable bonds is 9. The highest BCUT2D eigenvalue weighted by Crippen LogP contribution is 2.25. The van der Waals surface area contributed by atoms with E-state index in [4.69, 9.17) is 4.74 Å². The Morgan fingerprint density at radius 1 is 1.24 bits per heavy atom. The zero-order chi connectivity index (χ0) is 19.0. The number of carbonyl (C=O) groups is 2. The first-order valence-corrected chi connectivity index (χ1v) is 9.47. The maximum atomic E-state index is 12.5. The molecule has 0 aromatic heterocycles. The Bertz CT molecular complexity index is 716. The molecule has 1 rings (SSSR count). The summed E-state index contributed by atoms with van der Waals surface area (Å²) in [4.78, 5) is 23.2. The smallest absolute Gasteiger partial charge is 0.251 e. The lowest BCUT2D eigenvalue weighted by atomic mass is 10.2. The van der Waals surface area contributed by atoms with Crippen molar-refractivity contribution in [3.8, 4) is 5.75 Å². The Labute approximate surface area is 148 Å². The lowest BCUT2D eigenvalue weighted by molar-refractivity contribution is -0.121. The Kier molecular flexibility index (Phi) is 7.85. The van der Waals surface area contributed by atoms with Crippen LogP contribution in [-0.2, 0) is 14.8 Å². The summed E-state index contributed by atoms with van der Waals surface area (Å²) in [6, 6.07) is 4.16. The standard InChI is InChI=1S/C16H25N3O5S/c1-5-24-13-7-6-12(16(21)17-4)10-14(13)25(22,23)18-9-8-15(20)19-11(2)3/h6-7,10-11,18H,5,8-9H2,1-4H3,(H,17,21)(H,19,20). The van der Waals surface area contributed by atoms with Gasteiger partial charge in [-0.3, -0.25) is 9.59 Å². The number of sulfonamides is 1. The van der Waals surface area contributed by atoms with Crippen molar-refractivity contribution in [2.24, 2.45) is 0 Å². The van der Waals surface area contributed by atoms with Gasteiger partial charge in [0.1, 0.15) is 10.6 Å².